The molecule has 0 amide bonds. The van der Waals surface area contributed by atoms with Crippen LogP contribution >= 0.6 is 0 Å². The number of nitrogens with one attached hydrogen (secondary N) is 1. The molecule has 6 nitrogen and oxygen atoms in total. The lowest BCUT2D eigenvalue weighted by atomic mass is 10.1. The van der Waals surface area contributed by atoms with Crippen LogP contribution in [0.25, 0.3) is 0 Å². The van der Waals surface area contributed by atoms with Crippen molar-refractivity contribution in [2.24, 2.45) is 14.1 Å². The van der Waals surface area contributed by atoms with Crippen molar-refractivity contribution in [3.63, 3.8) is 0 Å². The van der Waals surface area contributed by atoms with E-state index in [1.807, 2.05) is 35.9 Å². The smallest absolute Gasteiger partial charge is 0.114 e. The third kappa shape index (κ3) is 2.69. The molecule has 6 heteroatoms. The number of aryl methyl sites for hydroxylation is 2. The van der Waals surface area contributed by atoms with Gasteiger partial charge in [0.15, 0.2) is 0 Å². The van der Waals surface area contributed by atoms with Gasteiger partial charge in [0.05, 0.1) is 18.5 Å². The van der Waals surface area contributed by atoms with Gasteiger partial charge in [-0.2, -0.15) is 10.2 Å². The molecule has 0 spiro atoms. The topological polar surface area (TPSA) is 56.9 Å². The molecule has 1 aliphatic heterocycles. The van der Waals surface area contributed by atoms with Crippen LogP contribution in [0.15, 0.2) is 18.6 Å². The fourth-order valence-electron chi connectivity index (χ4n) is 2.47. The molecule has 3 rings (SSSR count). The maximum absolute atomic E-state index is 5.80. The van der Waals surface area contributed by atoms with Gasteiger partial charge in [-0.1, -0.05) is 0 Å². The number of ether oxygens (including phenoxy) is 1. The Hall–Kier alpha value is -1.66. The lowest BCUT2D eigenvalue weighted by molar-refractivity contribution is 0.0393. The van der Waals surface area contributed by atoms with Crippen LogP contribution in [-0.2, 0) is 31.8 Å². The van der Waals surface area contributed by atoms with Gasteiger partial charge in [-0.15, -0.1) is 0 Å². The van der Waals surface area contributed by atoms with Crippen molar-refractivity contribution in [2.45, 2.75) is 19.1 Å². The number of aromatic nitrogens is 4. The highest BCUT2D eigenvalue weighted by molar-refractivity contribution is 5.22. The summed E-state index contributed by atoms with van der Waals surface area (Å²) in [5.41, 5.74) is 3.56. The van der Waals surface area contributed by atoms with Crippen LogP contribution in [0.5, 0.6) is 0 Å². The van der Waals surface area contributed by atoms with E-state index in [0.29, 0.717) is 0 Å². The third-order valence-corrected chi connectivity index (χ3v) is 3.35. The summed E-state index contributed by atoms with van der Waals surface area (Å²) in [4.78, 5) is 0. The average molecular weight is 261 g/mol. The van der Waals surface area contributed by atoms with Crippen LogP contribution in [-0.4, -0.2) is 32.7 Å². The van der Waals surface area contributed by atoms with E-state index >= 15 is 0 Å². The van der Waals surface area contributed by atoms with Crippen molar-refractivity contribution in [2.75, 3.05) is 13.2 Å². The van der Waals surface area contributed by atoms with Gasteiger partial charge in [-0.25, -0.2) is 0 Å². The summed E-state index contributed by atoms with van der Waals surface area (Å²) < 4.78 is 9.48. The molecular weight excluding hydrogens is 242 g/mol. The predicted molar refractivity (Wildman–Crippen MR) is 70.5 cm³/mol. The highest BCUT2D eigenvalue weighted by Gasteiger charge is 2.23. The molecule has 102 valence electrons. The molecule has 1 atom stereocenters. The standard InChI is InChI=1S/C13H19N5O/c1-17-8-10(6-15-17)5-14-7-12-13-11(3-4-19-12)9-18(2)16-13/h6,8-9,12,14H,3-5,7H2,1-2H3/t12-/m1/s1. The molecule has 0 unspecified atom stereocenters. The van der Waals surface area contributed by atoms with Crippen LogP contribution in [0.3, 0.4) is 0 Å². The van der Waals surface area contributed by atoms with Crippen molar-refractivity contribution in [3.05, 3.63) is 35.4 Å². The van der Waals surface area contributed by atoms with Crippen molar-refractivity contribution in [1.29, 1.82) is 0 Å². The SMILES string of the molecule is Cn1cc(CNC[C@H]2OCCc3cn(C)nc32)cn1. The second-order valence-electron chi connectivity index (χ2n) is 4.98. The summed E-state index contributed by atoms with van der Waals surface area (Å²) in [5.74, 6) is 0. The van der Waals surface area contributed by atoms with Gasteiger partial charge in [-0.3, -0.25) is 9.36 Å². The minimum atomic E-state index is 0.0571. The molecule has 0 aromatic carbocycles. The van der Waals surface area contributed by atoms with E-state index in [1.54, 1.807) is 0 Å². The van der Waals surface area contributed by atoms with Crippen molar-refractivity contribution in [1.82, 2.24) is 24.9 Å². The van der Waals surface area contributed by atoms with E-state index < -0.39 is 0 Å². The van der Waals surface area contributed by atoms with E-state index in [2.05, 4.69) is 21.7 Å². The zero-order valence-electron chi connectivity index (χ0n) is 11.3. The number of fused-ring (bicyclic) bond motifs is 1. The number of hydrogen-bond donors (Lipinski definition) is 1. The van der Waals surface area contributed by atoms with Crippen LogP contribution in [0.1, 0.15) is 22.9 Å². The van der Waals surface area contributed by atoms with Gasteiger partial charge >= 0.3 is 0 Å². The fraction of sp³-hybridized carbons (Fsp3) is 0.538. The fourth-order valence-corrected chi connectivity index (χ4v) is 2.47. The molecule has 2 aromatic rings. The van der Waals surface area contributed by atoms with Gasteiger partial charge in [0.1, 0.15) is 6.10 Å². The number of nitrogens with zero attached hydrogens (tertiary/aromatic N) is 4. The van der Waals surface area contributed by atoms with E-state index in [-0.39, 0.29) is 6.10 Å². The molecule has 1 N–H and O–H groups in total. The van der Waals surface area contributed by atoms with E-state index in [0.717, 1.165) is 31.8 Å². The Balaban J connectivity index is 1.59. The van der Waals surface area contributed by atoms with E-state index in [1.165, 1.54) is 11.1 Å². The quantitative estimate of drug-likeness (QED) is 0.873. The zero-order chi connectivity index (χ0) is 13.2. The first-order valence-corrected chi connectivity index (χ1v) is 6.54. The van der Waals surface area contributed by atoms with Gasteiger partial charge in [0.2, 0.25) is 0 Å². The van der Waals surface area contributed by atoms with E-state index in [4.69, 9.17) is 4.74 Å². The number of rotatable bonds is 4. The largest absolute Gasteiger partial charge is 0.370 e. The highest BCUT2D eigenvalue weighted by Crippen LogP contribution is 2.24. The highest BCUT2D eigenvalue weighted by atomic mass is 16.5. The Morgan fingerprint density at radius 1 is 1.37 bits per heavy atom. The summed E-state index contributed by atoms with van der Waals surface area (Å²) in [6.07, 6.45) is 7.00. The first-order chi connectivity index (χ1) is 9.22. The predicted octanol–water partition coefficient (Wildman–Crippen LogP) is 0.557. The first-order valence-electron chi connectivity index (χ1n) is 6.54. The molecule has 0 radical (unpaired) electrons. The third-order valence-electron chi connectivity index (χ3n) is 3.35. The monoisotopic (exact) mass is 261 g/mol. The minimum absolute atomic E-state index is 0.0571. The Kier molecular flexibility index (Phi) is 3.35. The molecular formula is C13H19N5O. The van der Waals surface area contributed by atoms with Crippen molar-refractivity contribution in [3.8, 4) is 0 Å². The molecule has 0 aliphatic carbocycles. The lowest BCUT2D eigenvalue weighted by Crippen LogP contribution is -2.27. The maximum atomic E-state index is 5.80. The summed E-state index contributed by atoms with van der Waals surface area (Å²) in [5, 5.41) is 12.1. The van der Waals surface area contributed by atoms with Gasteiger partial charge in [0.25, 0.3) is 0 Å². The molecule has 3 heterocycles. The Bertz CT molecular complexity index is 559. The van der Waals surface area contributed by atoms with Crippen LogP contribution < -0.4 is 5.32 Å². The average Bonchev–Trinajstić information content (AvgIpc) is 2.95. The Morgan fingerprint density at radius 2 is 2.26 bits per heavy atom. The molecule has 19 heavy (non-hydrogen) atoms. The number of hydrogen-bond acceptors (Lipinski definition) is 4. The lowest BCUT2D eigenvalue weighted by Gasteiger charge is -2.22. The Morgan fingerprint density at radius 3 is 3.05 bits per heavy atom. The summed E-state index contributed by atoms with van der Waals surface area (Å²) >= 11 is 0. The summed E-state index contributed by atoms with van der Waals surface area (Å²) in [6.45, 7) is 2.35. The first kappa shape index (κ1) is 12.4. The van der Waals surface area contributed by atoms with E-state index in [9.17, 15) is 0 Å². The second kappa shape index (κ2) is 5.14. The van der Waals surface area contributed by atoms with Crippen molar-refractivity contribution >= 4 is 0 Å². The van der Waals surface area contributed by atoms with Crippen LogP contribution in [0, 0.1) is 0 Å². The second-order valence-corrected chi connectivity index (χ2v) is 4.98. The maximum Gasteiger partial charge on any atom is 0.114 e. The van der Waals surface area contributed by atoms with Crippen LogP contribution in [0.4, 0.5) is 0 Å². The minimum Gasteiger partial charge on any atom is -0.370 e. The van der Waals surface area contributed by atoms with Gasteiger partial charge in [-0.05, 0) is 12.0 Å². The van der Waals surface area contributed by atoms with Gasteiger partial charge < -0.3 is 10.1 Å². The Labute approximate surface area is 112 Å². The van der Waals surface area contributed by atoms with Crippen LogP contribution in [0.2, 0.25) is 0 Å². The zero-order valence-corrected chi connectivity index (χ0v) is 11.3. The molecule has 0 saturated heterocycles. The molecule has 0 bridgehead atoms. The summed E-state index contributed by atoms with van der Waals surface area (Å²) in [7, 11) is 3.88. The van der Waals surface area contributed by atoms with Crippen molar-refractivity contribution < 1.29 is 4.74 Å². The molecule has 0 saturated carbocycles. The normalized spacial score (nSPS) is 18.5. The molecule has 1 aliphatic rings. The summed E-state index contributed by atoms with van der Waals surface area (Å²) in [6, 6.07) is 0. The molecule has 2 aromatic heterocycles. The molecule has 0 fully saturated rings. The van der Waals surface area contributed by atoms with Gasteiger partial charge in [0, 0.05) is 45.1 Å².